The number of amides is 1. The van der Waals surface area contributed by atoms with Crippen molar-refractivity contribution in [2.75, 3.05) is 0 Å². The van der Waals surface area contributed by atoms with E-state index in [1.54, 1.807) is 0 Å². The first-order valence-corrected chi connectivity index (χ1v) is 10.2. The normalized spacial score (nSPS) is 17.4. The number of halogens is 1. The van der Waals surface area contributed by atoms with Gasteiger partial charge >= 0.3 is 0 Å². The minimum atomic E-state index is -0.888. The minimum Gasteiger partial charge on any atom is -0.408 e. The van der Waals surface area contributed by atoms with Crippen LogP contribution >= 0.6 is 24.2 Å². The molecule has 7 nitrogen and oxygen atoms in total. The van der Waals surface area contributed by atoms with Crippen molar-refractivity contribution in [2.45, 2.75) is 88.3 Å². The molecule has 154 valence electrons. The molecule has 2 rings (SSSR count). The smallest absolute Gasteiger partial charge is 0.286 e. The Morgan fingerprint density at radius 1 is 1.19 bits per heavy atom. The summed E-state index contributed by atoms with van der Waals surface area (Å²) in [6.07, 6.45) is 4.77. The van der Waals surface area contributed by atoms with E-state index >= 15 is 0 Å². The van der Waals surface area contributed by atoms with Crippen LogP contribution in [0.2, 0.25) is 0 Å². The standard InChI is InChI=1S/C18H30N4O3S.ClH/c1-11(2)10-13(20-16(24)18(19)8-6-5-7-9-18)14(23)15-21-22-17(25-15)26-12(3)4;/h11-13H,5-10,19H2,1-4H3,(H,20,24);1H/t13-;/m0./s1. The van der Waals surface area contributed by atoms with Gasteiger partial charge in [-0.3, -0.25) is 9.59 Å². The summed E-state index contributed by atoms with van der Waals surface area (Å²) >= 11 is 1.40. The second-order valence-corrected chi connectivity index (χ2v) is 9.30. The highest BCUT2D eigenvalue weighted by molar-refractivity contribution is 7.99. The second kappa shape index (κ2) is 10.4. The van der Waals surface area contributed by atoms with Gasteiger partial charge in [0.2, 0.25) is 11.7 Å². The van der Waals surface area contributed by atoms with Gasteiger partial charge in [0.25, 0.3) is 11.1 Å². The molecule has 1 aliphatic carbocycles. The third-order valence-electron chi connectivity index (χ3n) is 4.48. The molecule has 1 saturated carbocycles. The number of nitrogens with two attached hydrogens (primary N) is 1. The molecule has 3 N–H and O–H groups in total. The van der Waals surface area contributed by atoms with Gasteiger partial charge in [0.05, 0.1) is 11.6 Å². The quantitative estimate of drug-likeness (QED) is 0.491. The largest absolute Gasteiger partial charge is 0.408 e. The summed E-state index contributed by atoms with van der Waals surface area (Å²) in [6.45, 7) is 8.00. The zero-order valence-electron chi connectivity index (χ0n) is 16.5. The van der Waals surface area contributed by atoms with Gasteiger partial charge in [-0.25, -0.2) is 0 Å². The van der Waals surface area contributed by atoms with Gasteiger partial charge in [-0.05, 0) is 25.2 Å². The van der Waals surface area contributed by atoms with E-state index in [0.29, 0.717) is 24.5 Å². The number of nitrogens with one attached hydrogen (secondary N) is 1. The third-order valence-corrected chi connectivity index (χ3v) is 5.32. The Morgan fingerprint density at radius 3 is 2.37 bits per heavy atom. The summed E-state index contributed by atoms with van der Waals surface area (Å²) in [4.78, 5) is 25.6. The topological polar surface area (TPSA) is 111 Å². The molecule has 1 aromatic rings. The van der Waals surface area contributed by atoms with Gasteiger partial charge in [-0.15, -0.1) is 22.6 Å². The molecule has 9 heteroatoms. The van der Waals surface area contributed by atoms with Crippen LogP contribution in [0, 0.1) is 5.92 Å². The Labute approximate surface area is 171 Å². The van der Waals surface area contributed by atoms with Crippen molar-refractivity contribution in [3.63, 3.8) is 0 Å². The Kier molecular flexibility index (Phi) is 9.24. The lowest BCUT2D eigenvalue weighted by Gasteiger charge is -2.33. The van der Waals surface area contributed by atoms with Gasteiger partial charge in [0.1, 0.15) is 0 Å². The molecule has 1 aromatic heterocycles. The predicted molar refractivity (Wildman–Crippen MR) is 108 cm³/mol. The number of ketones is 1. The molecule has 1 aliphatic rings. The van der Waals surface area contributed by atoms with Crippen molar-refractivity contribution < 1.29 is 14.0 Å². The van der Waals surface area contributed by atoms with Crippen molar-refractivity contribution in [3.8, 4) is 0 Å². The van der Waals surface area contributed by atoms with E-state index in [0.717, 1.165) is 19.3 Å². The molecule has 0 spiro atoms. The summed E-state index contributed by atoms with van der Waals surface area (Å²) in [7, 11) is 0. The van der Waals surface area contributed by atoms with Crippen molar-refractivity contribution >= 4 is 35.9 Å². The molecular weight excluding hydrogens is 388 g/mol. The maximum atomic E-state index is 12.8. The molecule has 1 heterocycles. The monoisotopic (exact) mass is 418 g/mol. The molecule has 1 amide bonds. The maximum Gasteiger partial charge on any atom is 0.286 e. The van der Waals surface area contributed by atoms with E-state index in [4.69, 9.17) is 10.2 Å². The number of hydrogen-bond donors (Lipinski definition) is 2. The lowest BCUT2D eigenvalue weighted by Crippen LogP contribution is -2.58. The zero-order valence-corrected chi connectivity index (χ0v) is 18.1. The highest BCUT2D eigenvalue weighted by atomic mass is 35.5. The zero-order chi connectivity index (χ0) is 19.3. The number of Topliss-reactive ketones (excluding diaryl/α,β-unsaturated/α-hetero) is 1. The number of aromatic nitrogens is 2. The highest BCUT2D eigenvalue weighted by Gasteiger charge is 2.38. The third kappa shape index (κ3) is 6.76. The number of rotatable bonds is 8. The van der Waals surface area contributed by atoms with Crippen molar-refractivity contribution in [3.05, 3.63) is 5.89 Å². The number of hydrogen-bond acceptors (Lipinski definition) is 7. The molecule has 0 aromatic carbocycles. The van der Waals surface area contributed by atoms with Crippen LogP contribution in [0.15, 0.2) is 9.64 Å². The van der Waals surface area contributed by atoms with Gasteiger partial charge in [0, 0.05) is 5.25 Å². The first-order valence-electron chi connectivity index (χ1n) is 9.35. The van der Waals surface area contributed by atoms with Gasteiger partial charge in [0.15, 0.2) is 0 Å². The molecule has 0 aliphatic heterocycles. The summed E-state index contributed by atoms with van der Waals surface area (Å²) in [5.74, 6) is -0.451. The van der Waals surface area contributed by atoms with Crippen molar-refractivity contribution in [1.29, 1.82) is 0 Å². The van der Waals surface area contributed by atoms with Crippen LogP contribution in [0.1, 0.15) is 76.9 Å². The van der Waals surface area contributed by atoms with E-state index in [-0.39, 0.29) is 41.2 Å². The van der Waals surface area contributed by atoms with Crippen LogP contribution in [-0.2, 0) is 4.79 Å². The summed E-state index contributed by atoms with van der Waals surface area (Å²) in [5, 5.41) is 11.3. The molecular formula is C18H31ClN4O3S. The van der Waals surface area contributed by atoms with Crippen LogP contribution in [0.3, 0.4) is 0 Å². The number of carbonyl (C=O) groups is 2. The average molecular weight is 419 g/mol. The minimum absolute atomic E-state index is 0. The molecule has 27 heavy (non-hydrogen) atoms. The van der Waals surface area contributed by atoms with Crippen LogP contribution in [-0.4, -0.2) is 38.7 Å². The number of thioether (sulfide) groups is 1. The second-order valence-electron chi connectivity index (χ2n) is 7.78. The van der Waals surface area contributed by atoms with Crippen LogP contribution in [0.5, 0.6) is 0 Å². The fourth-order valence-electron chi connectivity index (χ4n) is 3.12. The number of nitrogens with zero attached hydrogens (tertiary/aromatic N) is 2. The molecule has 1 atom stereocenters. The van der Waals surface area contributed by atoms with Crippen molar-refractivity contribution in [2.24, 2.45) is 11.7 Å². The highest BCUT2D eigenvalue weighted by Crippen LogP contribution is 2.27. The number of carbonyl (C=O) groups excluding carboxylic acids is 2. The fourth-order valence-corrected chi connectivity index (χ4v) is 3.74. The summed E-state index contributed by atoms with van der Waals surface area (Å²) < 4.78 is 5.48. The van der Waals surface area contributed by atoms with E-state index < -0.39 is 11.6 Å². The van der Waals surface area contributed by atoms with E-state index in [1.807, 2.05) is 27.7 Å². The predicted octanol–water partition coefficient (Wildman–Crippen LogP) is 3.37. The Balaban J connectivity index is 0.00000364. The molecule has 0 unspecified atom stereocenters. The summed E-state index contributed by atoms with van der Waals surface area (Å²) in [5.41, 5.74) is 5.41. The lowest BCUT2D eigenvalue weighted by atomic mass is 9.81. The summed E-state index contributed by atoms with van der Waals surface area (Å²) in [6, 6.07) is -0.706. The van der Waals surface area contributed by atoms with Crippen LogP contribution < -0.4 is 11.1 Å². The van der Waals surface area contributed by atoms with Gasteiger partial charge < -0.3 is 15.5 Å². The molecule has 0 bridgehead atoms. The lowest BCUT2D eigenvalue weighted by molar-refractivity contribution is -0.128. The molecule has 0 saturated heterocycles. The fraction of sp³-hybridized carbons (Fsp3) is 0.778. The molecule has 0 radical (unpaired) electrons. The Morgan fingerprint density at radius 2 is 1.81 bits per heavy atom. The maximum absolute atomic E-state index is 12.8. The molecule has 1 fully saturated rings. The Bertz CT molecular complexity index is 630. The van der Waals surface area contributed by atoms with Gasteiger partial charge in [-0.1, -0.05) is 58.7 Å². The van der Waals surface area contributed by atoms with E-state index in [1.165, 1.54) is 11.8 Å². The Hall–Kier alpha value is -1.12. The SMILES string of the molecule is CC(C)C[C@H](NC(=O)C1(N)CCCCC1)C(=O)c1nnc(SC(C)C)o1.Cl. The van der Waals surface area contributed by atoms with Gasteiger partial charge in [-0.2, -0.15) is 0 Å². The first kappa shape index (κ1) is 23.9. The van der Waals surface area contributed by atoms with Crippen molar-refractivity contribution in [1.82, 2.24) is 15.5 Å². The van der Waals surface area contributed by atoms with Crippen LogP contribution in [0.25, 0.3) is 0 Å². The first-order chi connectivity index (χ1) is 12.2. The van der Waals surface area contributed by atoms with Crippen LogP contribution in [0.4, 0.5) is 0 Å². The average Bonchev–Trinajstić information content (AvgIpc) is 3.01. The van der Waals surface area contributed by atoms with E-state index in [9.17, 15) is 9.59 Å². The van der Waals surface area contributed by atoms with E-state index in [2.05, 4.69) is 15.5 Å².